The first-order chi connectivity index (χ1) is 12.5. The summed E-state index contributed by atoms with van der Waals surface area (Å²) in [7, 11) is 0. The van der Waals surface area contributed by atoms with Gasteiger partial charge in [0.05, 0.1) is 11.1 Å². The third kappa shape index (κ3) is 4.70. The highest BCUT2D eigenvalue weighted by molar-refractivity contribution is 7.14. The molecule has 2 aromatic rings. The largest absolute Gasteiger partial charge is 0.482 e. The molecule has 1 heterocycles. The number of carbonyl (C=O) groups is 2. The summed E-state index contributed by atoms with van der Waals surface area (Å²) in [6, 6.07) is 8.76. The third-order valence-electron chi connectivity index (χ3n) is 4.18. The number of ether oxygens (including phenoxy) is 1. The van der Waals surface area contributed by atoms with E-state index in [1.54, 1.807) is 35.6 Å². The van der Waals surface area contributed by atoms with Crippen LogP contribution in [0.25, 0.3) is 0 Å². The van der Waals surface area contributed by atoms with Gasteiger partial charge in [-0.2, -0.15) is 5.10 Å². The second kappa shape index (κ2) is 8.14. The van der Waals surface area contributed by atoms with Gasteiger partial charge in [-0.15, -0.1) is 11.3 Å². The maximum absolute atomic E-state index is 12.2. The Morgan fingerprint density at radius 2 is 2.15 bits per heavy atom. The number of aryl methyl sites for hydroxylation is 1. The minimum atomic E-state index is -1.02. The van der Waals surface area contributed by atoms with Gasteiger partial charge >= 0.3 is 5.97 Å². The topological polar surface area (TPSA) is 88.0 Å². The number of rotatable bonds is 6. The van der Waals surface area contributed by atoms with Crippen molar-refractivity contribution in [3.8, 4) is 5.75 Å². The van der Waals surface area contributed by atoms with Crippen LogP contribution in [0, 0.1) is 5.92 Å². The van der Waals surface area contributed by atoms with Gasteiger partial charge in [-0.1, -0.05) is 6.92 Å². The second-order valence-corrected chi connectivity index (χ2v) is 7.49. The number of carboxylic acids is 1. The summed E-state index contributed by atoms with van der Waals surface area (Å²) in [6.45, 7) is 1.86. The van der Waals surface area contributed by atoms with E-state index >= 15 is 0 Å². The lowest BCUT2D eigenvalue weighted by Gasteiger charge is -2.16. The van der Waals surface area contributed by atoms with Gasteiger partial charge in [0, 0.05) is 4.88 Å². The molecular weight excluding hydrogens is 352 g/mol. The van der Waals surface area contributed by atoms with Crippen LogP contribution < -0.4 is 10.2 Å². The number of hydrazone groups is 1. The Morgan fingerprint density at radius 3 is 2.88 bits per heavy atom. The molecule has 1 aliphatic carbocycles. The molecule has 0 saturated carbocycles. The Balaban J connectivity index is 1.55. The van der Waals surface area contributed by atoms with E-state index in [1.165, 1.54) is 23.1 Å². The fourth-order valence-corrected chi connectivity index (χ4v) is 3.93. The smallest absolute Gasteiger partial charge is 0.341 e. The second-order valence-electron chi connectivity index (χ2n) is 6.36. The highest BCUT2D eigenvalue weighted by Crippen LogP contribution is 2.32. The maximum atomic E-state index is 12.2. The van der Waals surface area contributed by atoms with Gasteiger partial charge in [-0.25, -0.2) is 10.2 Å². The van der Waals surface area contributed by atoms with Crippen molar-refractivity contribution in [3.63, 3.8) is 0 Å². The van der Waals surface area contributed by atoms with Crippen molar-refractivity contribution in [2.45, 2.75) is 26.2 Å². The fraction of sp³-hybridized carbons (Fsp3) is 0.316. The van der Waals surface area contributed by atoms with Crippen LogP contribution in [0.3, 0.4) is 0 Å². The van der Waals surface area contributed by atoms with Crippen molar-refractivity contribution in [1.29, 1.82) is 0 Å². The zero-order valence-electron chi connectivity index (χ0n) is 14.4. The molecule has 1 atom stereocenters. The quantitative estimate of drug-likeness (QED) is 0.602. The van der Waals surface area contributed by atoms with Crippen LogP contribution in [-0.2, 0) is 17.6 Å². The number of fused-ring (bicyclic) bond motifs is 1. The monoisotopic (exact) mass is 372 g/mol. The van der Waals surface area contributed by atoms with Crippen LogP contribution in [0.5, 0.6) is 5.75 Å². The van der Waals surface area contributed by atoms with E-state index < -0.39 is 5.97 Å². The molecule has 3 rings (SSSR count). The van der Waals surface area contributed by atoms with Crippen molar-refractivity contribution in [2.75, 3.05) is 6.61 Å². The van der Waals surface area contributed by atoms with E-state index in [2.05, 4.69) is 17.5 Å². The van der Waals surface area contributed by atoms with Gasteiger partial charge < -0.3 is 9.84 Å². The summed E-state index contributed by atoms with van der Waals surface area (Å²) in [6.07, 6.45) is 4.81. The SMILES string of the molecule is C[C@@H]1CCc2sc(C(=O)N/N=C\c3ccc(OCC(=O)O)cc3)cc2C1. The van der Waals surface area contributed by atoms with E-state index in [0.29, 0.717) is 16.5 Å². The lowest BCUT2D eigenvalue weighted by atomic mass is 9.90. The van der Waals surface area contributed by atoms with Crippen molar-refractivity contribution >= 4 is 29.4 Å². The first kappa shape index (κ1) is 18.1. The maximum Gasteiger partial charge on any atom is 0.341 e. The fourth-order valence-electron chi connectivity index (χ4n) is 2.83. The van der Waals surface area contributed by atoms with E-state index in [9.17, 15) is 9.59 Å². The standard InChI is InChI=1S/C19H20N2O4S/c1-12-2-7-16-14(8-12)9-17(26-16)19(24)21-20-10-13-3-5-15(6-4-13)25-11-18(22)23/h3-6,9-10,12H,2,7-8,11H2,1H3,(H,21,24)(H,22,23)/b20-10-/t12-/m1/s1. The minimum absolute atomic E-state index is 0.199. The van der Waals surface area contributed by atoms with Crippen molar-refractivity contribution in [2.24, 2.45) is 11.0 Å². The first-order valence-corrected chi connectivity index (χ1v) is 9.22. The number of aliphatic carboxylic acids is 1. The molecule has 2 N–H and O–H groups in total. The van der Waals surface area contributed by atoms with Crippen LogP contribution in [0.1, 0.15) is 39.0 Å². The van der Waals surface area contributed by atoms with Crippen molar-refractivity contribution in [3.05, 3.63) is 51.2 Å². The zero-order valence-corrected chi connectivity index (χ0v) is 15.2. The molecule has 0 aliphatic heterocycles. The molecule has 6 nitrogen and oxygen atoms in total. The summed E-state index contributed by atoms with van der Waals surface area (Å²) < 4.78 is 5.06. The predicted molar refractivity (Wildman–Crippen MR) is 100 cm³/mol. The number of hydrogen-bond donors (Lipinski definition) is 2. The van der Waals surface area contributed by atoms with Crippen LogP contribution in [0.4, 0.5) is 0 Å². The number of carboxylic acid groups (broad SMARTS) is 1. The highest BCUT2D eigenvalue weighted by Gasteiger charge is 2.20. The van der Waals surface area contributed by atoms with Crippen LogP contribution >= 0.6 is 11.3 Å². The molecule has 1 aliphatic rings. The van der Waals surface area contributed by atoms with Crippen LogP contribution in [0.2, 0.25) is 0 Å². The van der Waals surface area contributed by atoms with E-state index in [1.807, 2.05) is 6.07 Å². The summed E-state index contributed by atoms with van der Waals surface area (Å²) in [5, 5.41) is 12.6. The summed E-state index contributed by atoms with van der Waals surface area (Å²) in [5.74, 6) is -0.0850. The number of hydrogen-bond acceptors (Lipinski definition) is 5. The van der Waals surface area contributed by atoms with Gasteiger partial charge in [-0.3, -0.25) is 4.79 Å². The van der Waals surface area contributed by atoms with Crippen molar-refractivity contribution in [1.82, 2.24) is 5.43 Å². The van der Waals surface area contributed by atoms with E-state index in [-0.39, 0.29) is 12.5 Å². The van der Waals surface area contributed by atoms with Gasteiger partial charge in [-0.05, 0) is 66.6 Å². The number of amides is 1. The molecule has 1 aromatic carbocycles. The van der Waals surface area contributed by atoms with Gasteiger partial charge in [0.25, 0.3) is 5.91 Å². The Bertz CT molecular complexity index is 827. The molecule has 7 heteroatoms. The number of nitrogens with zero attached hydrogens (tertiary/aromatic N) is 1. The van der Waals surface area contributed by atoms with Crippen LogP contribution in [-0.4, -0.2) is 29.8 Å². The molecule has 0 spiro atoms. The molecule has 0 fully saturated rings. The van der Waals surface area contributed by atoms with Gasteiger partial charge in [0.1, 0.15) is 5.75 Å². The lowest BCUT2D eigenvalue weighted by molar-refractivity contribution is -0.139. The average molecular weight is 372 g/mol. The van der Waals surface area contributed by atoms with Gasteiger partial charge in [0.2, 0.25) is 0 Å². The summed E-state index contributed by atoms with van der Waals surface area (Å²) in [5.41, 5.74) is 4.62. The molecule has 0 saturated heterocycles. The summed E-state index contributed by atoms with van der Waals surface area (Å²) in [4.78, 5) is 24.7. The zero-order chi connectivity index (χ0) is 18.5. The number of thiophene rings is 1. The predicted octanol–water partition coefficient (Wildman–Crippen LogP) is 3.10. The molecule has 0 bridgehead atoms. The molecule has 1 amide bonds. The molecule has 136 valence electrons. The Morgan fingerprint density at radius 1 is 1.38 bits per heavy atom. The van der Waals surface area contributed by atoms with Crippen LogP contribution in [0.15, 0.2) is 35.4 Å². The molecule has 26 heavy (non-hydrogen) atoms. The molecular formula is C19H20N2O4S. The van der Waals surface area contributed by atoms with Gasteiger partial charge in [0.15, 0.2) is 6.61 Å². The normalized spacial score (nSPS) is 16.3. The molecule has 0 radical (unpaired) electrons. The summed E-state index contributed by atoms with van der Waals surface area (Å²) >= 11 is 1.55. The Labute approximate surface area is 155 Å². The average Bonchev–Trinajstić information content (AvgIpc) is 3.04. The first-order valence-electron chi connectivity index (χ1n) is 8.41. The number of nitrogens with one attached hydrogen (secondary N) is 1. The Kier molecular flexibility index (Phi) is 5.68. The number of benzene rings is 1. The Hall–Kier alpha value is -2.67. The molecule has 1 aromatic heterocycles. The molecule has 0 unspecified atom stereocenters. The number of carbonyl (C=O) groups excluding carboxylic acids is 1. The van der Waals surface area contributed by atoms with E-state index in [0.717, 1.165) is 18.4 Å². The third-order valence-corrected chi connectivity index (χ3v) is 5.41. The van der Waals surface area contributed by atoms with E-state index in [4.69, 9.17) is 9.84 Å². The van der Waals surface area contributed by atoms with Crippen molar-refractivity contribution < 1.29 is 19.4 Å². The highest BCUT2D eigenvalue weighted by atomic mass is 32.1. The minimum Gasteiger partial charge on any atom is -0.482 e. The lowest BCUT2D eigenvalue weighted by Crippen LogP contribution is -2.16.